The van der Waals surface area contributed by atoms with Crippen LogP contribution in [0.25, 0.3) is 22.1 Å². The van der Waals surface area contributed by atoms with Crippen LogP contribution in [0.4, 0.5) is 4.39 Å². The largest absolute Gasteiger partial charge is 0.507 e. The number of phenols is 1. The van der Waals surface area contributed by atoms with Gasteiger partial charge < -0.3 is 14.6 Å². The Morgan fingerprint density at radius 1 is 1.23 bits per heavy atom. The summed E-state index contributed by atoms with van der Waals surface area (Å²) in [5, 5.41) is 28.2. The first-order valence-corrected chi connectivity index (χ1v) is 6.19. The van der Waals surface area contributed by atoms with E-state index in [1.165, 1.54) is 36.4 Å². The lowest BCUT2D eigenvalue weighted by atomic mass is 9.98. The van der Waals surface area contributed by atoms with Gasteiger partial charge in [-0.15, -0.1) is 0 Å². The lowest BCUT2D eigenvalue weighted by molar-refractivity contribution is 0.0694. The first-order chi connectivity index (χ1) is 10.5. The van der Waals surface area contributed by atoms with Gasteiger partial charge in [0.2, 0.25) is 0 Å². The molecule has 5 nitrogen and oxygen atoms in total. The molecule has 0 bridgehead atoms. The number of hydrogen-bond acceptors (Lipinski definition) is 4. The van der Waals surface area contributed by atoms with Crippen LogP contribution in [0.2, 0.25) is 0 Å². The third kappa shape index (κ3) is 2.15. The molecule has 2 N–H and O–H groups in total. The van der Waals surface area contributed by atoms with Crippen LogP contribution < -0.4 is 0 Å². The molecular formula is C16H8FNO4. The normalized spacial score (nSPS) is 10.5. The Kier molecular flexibility index (Phi) is 3.04. The lowest BCUT2D eigenvalue weighted by Crippen LogP contribution is -1.96. The Labute approximate surface area is 123 Å². The van der Waals surface area contributed by atoms with Crippen molar-refractivity contribution in [2.75, 3.05) is 0 Å². The van der Waals surface area contributed by atoms with Crippen LogP contribution in [0.3, 0.4) is 0 Å². The molecule has 0 aliphatic heterocycles. The van der Waals surface area contributed by atoms with Crippen molar-refractivity contribution >= 4 is 16.9 Å². The number of furan rings is 1. The smallest absolute Gasteiger partial charge is 0.339 e. The molecule has 2 aromatic carbocycles. The summed E-state index contributed by atoms with van der Waals surface area (Å²) in [7, 11) is 0. The van der Waals surface area contributed by atoms with Crippen molar-refractivity contribution in [2.45, 2.75) is 0 Å². The Hall–Kier alpha value is -3.33. The van der Waals surface area contributed by atoms with Gasteiger partial charge in [0, 0.05) is 11.5 Å². The van der Waals surface area contributed by atoms with Crippen LogP contribution in [-0.2, 0) is 0 Å². The minimum Gasteiger partial charge on any atom is -0.507 e. The summed E-state index contributed by atoms with van der Waals surface area (Å²) < 4.78 is 18.2. The van der Waals surface area contributed by atoms with Crippen LogP contribution >= 0.6 is 0 Å². The summed E-state index contributed by atoms with van der Waals surface area (Å²) >= 11 is 0. The summed E-state index contributed by atoms with van der Waals surface area (Å²) in [6, 6.07) is 9.23. The highest BCUT2D eigenvalue weighted by Crippen LogP contribution is 2.34. The molecule has 1 heterocycles. The van der Waals surface area contributed by atoms with Crippen molar-refractivity contribution in [3.8, 4) is 22.9 Å². The fraction of sp³-hybridized carbons (Fsp3) is 0. The molecule has 0 saturated carbocycles. The van der Waals surface area contributed by atoms with Crippen LogP contribution in [-0.4, -0.2) is 16.2 Å². The monoisotopic (exact) mass is 297 g/mol. The predicted molar refractivity (Wildman–Crippen MR) is 74.9 cm³/mol. The van der Waals surface area contributed by atoms with Gasteiger partial charge in [0.15, 0.2) is 0 Å². The SMILES string of the molecule is N#Cc1cc(-c2ccc(C(=O)O)c(O)c2)c2cc(F)oc2c1. The van der Waals surface area contributed by atoms with Gasteiger partial charge in [-0.1, -0.05) is 6.07 Å². The third-order valence-corrected chi connectivity index (χ3v) is 3.28. The zero-order chi connectivity index (χ0) is 15.9. The quantitative estimate of drug-likeness (QED) is 0.754. The Balaban J connectivity index is 2.27. The van der Waals surface area contributed by atoms with Gasteiger partial charge in [-0.3, -0.25) is 0 Å². The molecule has 0 aliphatic rings. The average molecular weight is 297 g/mol. The van der Waals surface area contributed by atoms with Crippen molar-refractivity contribution in [1.29, 1.82) is 5.26 Å². The molecule has 0 aliphatic carbocycles. The maximum Gasteiger partial charge on any atom is 0.339 e. The lowest BCUT2D eigenvalue weighted by Gasteiger charge is -2.06. The first kappa shape index (κ1) is 13.6. The molecule has 3 rings (SSSR count). The van der Waals surface area contributed by atoms with E-state index in [1.807, 2.05) is 6.07 Å². The summed E-state index contributed by atoms with van der Waals surface area (Å²) in [4.78, 5) is 10.9. The Morgan fingerprint density at radius 2 is 2.00 bits per heavy atom. The molecule has 6 heteroatoms. The molecule has 0 atom stereocenters. The molecule has 0 saturated heterocycles. The topological polar surface area (TPSA) is 94.5 Å². The van der Waals surface area contributed by atoms with Crippen LogP contribution in [0.1, 0.15) is 15.9 Å². The molecule has 22 heavy (non-hydrogen) atoms. The van der Waals surface area contributed by atoms with Gasteiger partial charge >= 0.3 is 5.97 Å². The van der Waals surface area contributed by atoms with E-state index in [0.29, 0.717) is 16.5 Å². The maximum atomic E-state index is 13.3. The number of nitriles is 1. The number of aromatic hydroxyl groups is 1. The molecule has 0 fully saturated rings. The predicted octanol–water partition coefficient (Wildman–Crippen LogP) is 3.51. The molecule has 0 unspecified atom stereocenters. The van der Waals surface area contributed by atoms with Gasteiger partial charge in [0.1, 0.15) is 16.9 Å². The zero-order valence-corrected chi connectivity index (χ0v) is 11.0. The number of benzene rings is 2. The number of aromatic carboxylic acids is 1. The summed E-state index contributed by atoms with van der Waals surface area (Å²) in [5.74, 6) is -1.67. The number of carbonyl (C=O) groups is 1. The Bertz CT molecular complexity index is 953. The van der Waals surface area contributed by atoms with Crippen LogP contribution in [0.15, 0.2) is 40.8 Å². The molecule has 108 valence electrons. The van der Waals surface area contributed by atoms with Crippen molar-refractivity contribution in [1.82, 2.24) is 0 Å². The number of halogens is 1. The molecule has 0 amide bonds. The van der Waals surface area contributed by atoms with Crippen LogP contribution in [0.5, 0.6) is 5.75 Å². The van der Waals surface area contributed by atoms with Gasteiger partial charge in [0.05, 0.1) is 11.6 Å². The molecule has 3 aromatic rings. The van der Waals surface area contributed by atoms with E-state index in [4.69, 9.17) is 14.8 Å². The number of carboxylic acids is 1. The van der Waals surface area contributed by atoms with Crippen molar-refractivity contribution in [2.24, 2.45) is 0 Å². The van der Waals surface area contributed by atoms with Gasteiger partial charge in [-0.2, -0.15) is 9.65 Å². The van der Waals surface area contributed by atoms with Crippen molar-refractivity contribution in [3.63, 3.8) is 0 Å². The maximum absolute atomic E-state index is 13.3. The molecular weight excluding hydrogens is 289 g/mol. The highest BCUT2D eigenvalue weighted by molar-refractivity contribution is 5.97. The number of nitrogens with zero attached hydrogens (tertiary/aromatic N) is 1. The van der Waals surface area contributed by atoms with E-state index in [0.717, 1.165) is 0 Å². The standard InChI is InChI=1S/C16H8FNO4/c17-15-6-12-11(3-8(7-18)4-14(12)22-15)9-1-2-10(16(20)21)13(19)5-9/h1-6,19H,(H,20,21). The second kappa shape index (κ2) is 4.90. The summed E-state index contributed by atoms with van der Waals surface area (Å²) in [5.41, 5.74) is 1.14. The average Bonchev–Trinajstić information content (AvgIpc) is 2.85. The fourth-order valence-electron chi connectivity index (χ4n) is 2.29. The minimum absolute atomic E-state index is 0.202. The minimum atomic E-state index is -1.26. The van der Waals surface area contributed by atoms with E-state index in [9.17, 15) is 14.3 Å². The van der Waals surface area contributed by atoms with Gasteiger partial charge in [-0.05, 0) is 35.4 Å². The van der Waals surface area contributed by atoms with E-state index >= 15 is 0 Å². The highest BCUT2D eigenvalue weighted by atomic mass is 19.1. The summed E-state index contributed by atoms with van der Waals surface area (Å²) in [6.45, 7) is 0. The van der Waals surface area contributed by atoms with E-state index in [2.05, 4.69) is 0 Å². The zero-order valence-electron chi connectivity index (χ0n) is 11.0. The number of hydrogen-bond donors (Lipinski definition) is 2. The molecule has 0 radical (unpaired) electrons. The molecule has 0 spiro atoms. The second-order valence-electron chi connectivity index (χ2n) is 4.64. The Morgan fingerprint density at radius 3 is 2.64 bits per heavy atom. The van der Waals surface area contributed by atoms with Crippen molar-refractivity contribution < 1.29 is 23.8 Å². The summed E-state index contributed by atoms with van der Waals surface area (Å²) in [6.07, 6.45) is 0. The molecule has 1 aromatic heterocycles. The number of fused-ring (bicyclic) bond motifs is 1. The second-order valence-corrected chi connectivity index (χ2v) is 4.64. The highest BCUT2D eigenvalue weighted by Gasteiger charge is 2.15. The number of carboxylic acid groups (broad SMARTS) is 1. The van der Waals surface area contributed by atoms with Gasteiger partial charge in [-0.25, -0.2) is 4.79 Å². The third-order valence-electron chi connectivity index (χ3n) is 3.28. The van der Waals surface area contributed by atoms with Gasteiger partial charge in [0.25, 0.3) is 6.01 Å². The fourth-order valence-corrected chi connectivity index (χ4v) is 2.29. The first-order valence-electron chi connectivity index (χ1n) is 6.19. The van der Waals surface area contributed by atoms with E-state index in [-0.39, 0.29) is 16.7 Å². The number of rotatable bonds is 2. The van der Waals surface area contributed by atoms with Crippen LogP contribution in [0, 0.1) is 17.3 Å². The van der Waals surface area contributed by atoms with Crippen molar-refractivity contribution in [3.05, 3.63) is 53.5 Å². The van der Waals surface area contributed by atoms with E-state index in [1.54, 1.807) is 0 Å². The van der Waals surface area contributed by atoms with E-state index < -0.39 is 17.7 Å².